The van der Waals surface area contributed by atoms with Crippen molar-refractivity contribution in [3.05, 3.63) is 42.0 Å². The van der Waals surface area contributed by atoms with Gasteiger partial charge in [-0.25, -0.2) is 9.79 Å². The maximum Gasteiger partial charge on any atom is 0.357 e. The number of nitrogens with zero attached hydrogens (tertiary/aromatic N) is 1. The van der Waals surface area contributed by atoms with Gasteiger partial charge in [-0.15, -0.1) is 0 Å². The third-order valence-corrected chi connectivity index (χ3v) is 2.75. The van der Waals surface area contributed by atoms with E-state index in [1.54, 1.807) is 0 Å². The number of ether oxygens (including phenoxy) is 1. The fourth-order valence-corrected chi connectivity index (χ4v) is 2.04. The molecule has 16 heavy (non-hydrogen) atoms. The fraction of sp³-hybridized carbons (Fsp3) is 0.0769. The molecule has 1 aliphatic rings. The van der Waals surface area contributed by atoms with E-state index in [2.05, 4.69) is 4.99 Å². The van der Waals surface area contributed by atoms with Crippen molar-refractivity contribution in [2.24, 2.45) is 4.99 Å². The van der Waals surface area contributed by atoms with Crippen LogP contribution < -0.4 is 0 Å². The Hall–Kier alpha value is -2.16. The zero-order valence-corrected chi connectivity index (χ0v) is 8.73. The second-order valence-corrected chi connectivity index (χ2v) is 3.63. The Kier molecular flexibility index (Phi) is 1.80. The molecule has 1 aliphatic heterocycles. The van der Waals surface area contributed by atoms with Gasteiger partial charge in [0.2, 0.25) is 0 Å². The highest BCUT2D eigenvalue weighted by atomic mass is 16.5. The number of methoxy groups -OCH3 is 1. The largest absolute Gasteiger partial charge is 0.464 e. The fourth-order valence-electron chi connectivity index (χ4n) is 2.04. The number of hydrogen-bond donors (Lipinski definition) is 0. The van der Waals surface area contributed by atoms with Crippen LogP contribution in [-0.4, -0.2) is 18.8 Å². The van der Waals surface area contributed by atoms with E-state index in [-0.39, 0.29) is 5.97 Å². The highest BCUT2D eigenvalue weighted by molar-refractivity contribution is 6.48. The van der Waals surface area contributed by atoms with E-state index in [1.807, 2.05) is 36.4 Å². The quantitative estimate of drug-likeness (QED) is 0.679. The molecule has 0 saturated heterocycles. The monoisotopic (exact) mass is 211 g/mol. The third kappa shape index (κ3) is 1.08. The first-order valence-corrected chi connectivity index (χ1v) is 5.00. The molecule has 2 aromatic carbocycles. The van der Waals surface area contributed by atoms with Crippen LogP contribution in [0.1, 0.15) is 5.56 Å². The van der Waals surface area contributed by atoms with Crippen LogP contribution >= 0.6 is 0 Å². The smallest absolute Gasteiger partial charge is 0.357 e. The van der Waals surface area contributed by atoms with Gasteiger partial charge in [0, 0.05) is 10.9 Å². The van der Waals surface area contributed by atoms with Crippen LogP contribution in [0, 0.1) is 0 Å². The van der Waals surface area contributed by atoms with Gasteiger partial charge in [-0.3, -0.25) is 0 Å². The van der Waals surface area contributed by atoms with Crippen LogP contribution in [-0.2, 0) is 9.53 Å². The average Bonchev–Trinajstić information content (AvgIpc) is 2.70. The maximum absolute atomic E-state index is 11.6. The van der Waals surface area contributed by atoms with E-state index in [0.29, 0.717) is 5.71 Å². The zero-order chi connectivity index (χ0) is 11.1. The molecule has 0 atom stereocenters. The molecule has 2 aromatic rings. The van der Waals surface area contributed by atoms with Crippen LogP contribution in [0.3, 0.4) is 0 Å². The summed E-state index contributed by atoms with van der Waals surface area (Å²) in [7, 11) is 1.37. The molecule has 0 fully saturated rings. The minimum atomic E-state index is -0.385. The number of hydrogen-bond acceptors (Lipinski definition) is 3. The molecule has 0 radical (unpaired) electrons. The lowest BCUT2D eigenvalue weighted by atomic mass is 10.0. The van der Waals surface area contributed by atoms with E-state index < -0.39 is 0 Å². The molecule has 78 valence electrons. The van der Waals surface area contributed by atoms with E-state index in [0.717, 1.165) is 22.0 Å². The van der Waals surface area contributed by atoms with Crippen molar-refractivity contribution < 1.29 is 9.53 Å². The number of carbonyl (C=O) groups excluding carboxylic acids is 1. The Morgan fingerprint density at radius 3 is 2.69 bits per heavy atom. The van der Waals surface area contributed by atoms with Gasteiger partial charge in [0.05, 0.1) is 12.8 Å². The summed E-state index contributed by atoms with van der Waals surface area (Å²) in [5.41, 5.74) is 2.10. The predicted octanol–water partition coefficient (Wildman–Crippen LogP) is 2.45. The van der Waals surface area contributed by atoms with Gasteiger partial charge < -0.3 is 4.74 Å². The van der Waals surface area contributed by atoms with Crippen LogP contribution in [0.25, 0.3) is 10.8 Å². The summed E-state index contributed by atoms with van der Waals surface area (Å²) in [6, 6.07) is 11.7. The van der Waals surface area contributed by atoms with Crippen molar-refractivity contribution in [1.29, 1.82) is 0 Å². The summed E-state index contributed by atoms with van der Waals surface area (Å²) in [6.45, 7) is 0. The normalized spacial score (nSPS) is 12.7. The van der Waals surface area contributed by atoms with Crippen LogP contribution in [0.15, 0.2) is 41.4 Å². The lowest BCUT2D eigenvalue weighted by Crippen LogP contribution is -2.14. The molecule has 0 amide bonds. The Balaban J connectivity index is 2.34. The van der Waals surface area contributed by atoms with E-state index >= 15 is 0 Å². The summed E-state index contributed by atoms with van der Waals surface area (Å²) >= 11 is 0. The van der Waals surface area contributed by atoms with E-state index in [1.165, 1.54) is 7.11 Å². The second kappa shape index (κ2) is 3.17. The predicted molar refractivity (Wildman–Crippen MR) is 62.2 cm³/mol. The summed E-state index contributed by atoms with van der Waals surface area (Å²) in [5, 5.41) is 2.13. The average molecular weight is 211 g/mol. The van der Waals surface area contributed by atoms with Gasteiger partial charge >= 0.3 is 5.97 Å². The highest BCUT2D eigenvalue weighted by Gasteiger charge is 2.23. The molecule has 3 rings (SSSR count). The van der Waals surface area contributed by atoms with Gasteiger partial charge in [-0.2, -0.15) is 0 Å². The molecule has 0 saturated carbocycles. The Bertz CT molecular complexity index is 624. The van der Waals surface area contributed by atoms with Crippen LogP contribution in [0.5, 0.6) is 0 Å². The lowest BCUT2D eigenvalue weighted by molar-refractivity contribution is -0.132. The van der Waals surface area contributed by atoms with Crippen LogP contribution in [0.2, 0.25) is 0 Å². The minimum absolute atomic E-state index is 0.385. The molecular formula is C13H9NO2. The molecule has 0 spiro atoms. The second-order valence-electron chi connectivity index (χ2n) is 3.63. The highest BCUT2D eigenvalue weighted by Crippen LogP contribution is 2.35. The first-order chi connectivity index (χ1) is 7.81. The summed E-state index contributed by atoms with van der Waals surface area (Å²) < 4.78 is 4.73. The Morgan fingerprint density at radius 1 is 1.19 bits per heavy atom. The van der Waals surface area contributed by atoms with Crippen molar-refractivity contribution in [2.45, 2.75) is 0 Å². The molecule has 0 bridgehead atoms. The van der Waals surface area contributed by atoms with Gasteiger partial charge in [-0.1, -0.05) is 30.3 Å². The van der Waals surface area contributed by atoms with Crippen molar-refractivity contribution in [1.82, 2.24) is 0 Å². The van der Waals surface area contributed by atoms with Crippen LogP contribution in [0.4, 0.5) is 5.69 Å². The molecule has 0 aromatic heterocycles. The van der Waals surface area contributed by atoms with Crippen molar-refractivity contribution in [3.8, 4) is 0 Å². The van der Waals surface area contributed by atoms with Crippen molar-refractivity contribution >= 4 is 28.1 Å². The zero-order valence-electron chi connectivity index (χ0n) is 8.73. The lowest BCUT2D eigenvalue weighted by Gasteiger charge is -2.01. The molecule has 0 unspecified atom stereocenters. The molecule has 0 aliphatic carbocycles. The first kappa shape index (κ1) is 9.09. The Labute approximate surface area is 92.4 Å². The Morgan fingerprint density at radius 2 is 1.94 bits per heavy atom. The van der Waals surface area contributed by atoms with Gasteiger partial charge in [-0.05, 0) is 11.5 Å². The van der Waals surface area contributed by atoms with Gasteiger partial charge in [0.25, 0.3) is 0 Å². The summed E-state index contributed by atoms with van der Waals surface area (Å²) in [5.74, 6) is -0.385. The summed E-state index contributed by atoms with van der Waals surface area (Å²) in [4.78, 5) is 15.9. The third-order valence-electron chi connectivity index (χ3n) is 2.75. The molecule has 3 nitrogen and oxygen atoms in total. The van der Waals surface area contributed by atoms with Crippen molar-refractivity contribution in [2.75, 3.05) is 7.11 Å². The molecule has 1 heterocycles. The minimum Gasteiger partial charge on any atom is -0.464 e. The summed E-state index contributed by atoms with van der Waals surface area (Å²) in [6.07, 6.45) is 0. The number of aliphatic imine (C=N–C) groups is 1. The maximum atomic E-state index is 11.6. The topological polar surface area (TPSA) is 38.7 Å². The van der Waals surface area contributed by atoms with E-state index in [9.17, 15) is 4.79 Å². The van der Waals surface area contributed by atoms with E-state index in [4.69, 9.17) is 4.74 Å². The molecule has 0 N–H and O–H groups in total. The SMILES string of the molecule is COC(=O)C1=Nc2cccc3cccc1c23. The number of carbonyl (C=O) groups is 1. The molecule has 3 heteroatoms. The van der Waals surface area contributed by atoms with Gasteiger partial charge in [0.15, 0.2) is 5.71 Å². The van der Waals surface area contributed by atoms with Gasteiger partial charge in [0.1, 0.15) is 0 Å². The first-order valence-electron chi connectivity index (χ1n) is 5.00. The number of esters is 1. The van der Waals surface area contributed by atoms with Crippen molar-refractivity contribution in [3.63, 3.8) is 0 Å². The molecular weight excluding hydrogens is 202 g/mol. The number of rotatable bonds is 1. The standard InChI is InChI=1S/C13H9NO2/c1-16-13(15)12-9-6-2-4-8-5-3-7-10(14-12)11(8)9/h2-7H,1H3. The number of benzene rings is 2.